The van der Waals surface area contributed by atoms with E-state index in [0.29, 0.717) is 25.3 Å². The normalized spacial score (nSPS) is 10.1. The standard InChI is InChI=1S/C13H21N3O2/c1-3-7-14-12-6-5-11(10-16-12)13(17)15-8-9-18-4-2/h5-6,10H,3-4,7-9H2,1-2H3,(H,14,16)(H,15,17). The van der Waals surface area contributed by atoms with Crippen molar-refractivity contribution in [2.24, 2.45) is 0 Å². The number of carbonyl (C=O) groups is 1. The molecule has 5 heteroatoms. The number of amides is 1. The summed E-state index contributed by atoms with van der Waals surface area (Å²) < 4.78 is 5.14. The fourth-order valence-electron chi connectivity index (χ4n) is 1.37. The van der Waals surface area contributed by atoms with Gasteiger partial charge < -0.3 is 15.4 Å². The maximum absolute atomic E-state index is 11.7. The highest BCUT2D eigenvalue weighted by Crippen LogP contribution is 2.04. The van der Waals surface area contributed by atoms with Crippen LogP contribution in [0.4, 0.5) is 5.82 Å². The molecule has 1 aromatic heterocycles. The molecule has 1 amide bonds. The predicted octanol–water partition coefficient (Wildman–Crippen LogP) is 1.67. The van der Waals surface area contributed by atoms with E-state index in [1.807, 2.05) is 13.0 Å². The third-order valence-electron chi connectivity index (χ3n) is 2.32. The van der Waals surface area contributed by atoms with Gasteiger partial charge in [0, 0.05) is 25.9 Å². The Balaban J connectivity index is 2.38. The van der Waals surface area contributed by atoms with E-state index in [0.717, 1.165) is 18.8 Å². The maximum atomic E-state index is 11.7. The topological polar surface area (TPSA) is 63.2 Å². The van der Waals surface area contributed by atoms with E-state index in [1.165, 1.54) is 0 Å². The van der Waals surface area contributed by atoms with Crippen molar-refractivity contribution in [2.45, 2.75) is 20.3 Å². The lowest BCUT2D eigenvalue weighted by Crippen LogP contribution is -2.27. The van der Waals surface area contributed by atoms with Crippen LogP contribution in [0.2, 0.25) is 0 Å². The van der Waals surface area contributed by atoms with Crippen LogP contribution in [0, 0.1) is 0 Å². The fourth-order valence-corrected chi connectivity index (χ4v) is 1.37. The number of pyridine rings is 1. The van der Waals surface area contributed by atoms with Gasteiger partial charge in [0.25, 0.3) is 5.91 Å². The molecule has 0 aliphatic heterocycles. The fraction of sp³-hybridized carbons (Fsp3) is 0.538. The van der Waals surface area contributed by atoms with E-state index in [-0.39, 0.29) is 5.91 Å². The molecule has 0 radical (unpaired) electrons. The molecule has 2 N–H and O–H groups in total. The van der Waals surface area contributed by atoms with Gasteiger partial charge in [-0.15, -0.1) is 0 Å². The molecule has 0 aliphatic rings. The SMILES string of the molecule is CCCNc1ccc(C(=O)NCCOCC)cn1. The highest BCUT2D eigenvalue weighted by atomic mass is 16.5. The minimum atomic E-state index is -0.121. The lowest BCUT2D eigenvalue weighted by Gasteiger charge is -2.06. The van der Waals surface area contributed by atoms with Gasteiger partial charge in [-0.1, -0.05) is 6.92 Å². The molecule has 0 atom stereocenters. The summed E-state index contributed by atoms with van der Waals surface area (Å²) in [6.07, 6.45) is 2.62. The molecule has 0 saturated carbocycles. The zero-order valence-corrected chi connectivity index (χ0v) is 11.0. The lowest BCUT2D eigenvalue weighted by molar-refractivity contribution is 0.0922. The first-order valence-corrected chi connectivity index (χ1v) is 6.33. The van der Waals surface area contributed by atoms with Gasteiger partial charge >= 0.3 is 0 Å². The van der Waals surface area contributed by atoms with Gasteiger partial charge in [-0.25, -0.2) is 4.98 Å². The molecular weight excluding hydrogens is 230 g/mol. The predicted molar refractivity (Wildman–Crippen MR) is 71.8 cm³/mol. The molecule has 1 heterocycles. The van der Waals surface area contributed by atoms with Gasteiger partial charge in [-0.2, -0.15) is 0 Å². The molecule has 0 bridgehead atoms. The van der Waals surface area contributed by atoms with Crippen molar-refractivity contribution >= 4 is 11.7 Å². The van der Waals surface area contributed by atoms with Gasteiger partial charge in [0.1, 0.15) is 5.82 Å². The summed E-state index contributed by atoms with van der Waals surface area (Å²) in [7, 11) is 0. The Morgan fingerprint density at radius 3 is 2.78 bits per heavy atom. The van der Waals surface area contributed by atoms with Crippen LogP contribution < -0.4 is 10.6 Å². The first kappa shape index (κ1) is 14.4. The average Bonchev–Trinajstić information content (AvgIpc) is 2.41. The van der Waals surface area contributed by atoms with E-state index in [4.69, 9.17) is 4.74 Å². The number of anilines is 1. The van der Waals surface area contributed by atoms with Crippen molar-refractivity contribution in [3.63, 3.8) is 0 Å². The molecule has 0 aromatic carbocycles. The van der Waals surface area contributed by atoms with E-state index >= 15 is 0 Å². The minimum Gasteiger partial charge on any atom is -0.380 e. The number of carbonyl (C=O) groups excluding carboxylic acids is 1. The second kappa shape index (κ2) is 8.47. The second-order valence-corrected chi connectivity index (χ2v) is 3.81. The molecule has 0 fully saturated rings. The van der Waals surface area contributed by atoms with Crippen LogP contribution in [0.1, 0.15) is 30.6 Å². The quantitative estimate of drug-likeness (QED) is 0.690. The maximum Gasteiger partial charge on any atom is 0.252 e. The van der Waals surface area contributed by atoms with E-state index in [9.17, 15) is 4.79 Å². The van der Waals surface area contributed by atoms with Gasteiger partial charge in [-0.05, 0) is 25.5 Å². The summed E-state index contributed by atoms with van der Waals surface area (Å²) in [5.41, 5.74) is 0.563. The summed E-state index contributed by atoms with van der Waals surface area (Å²) in [6.45, 7) is 6.61. The van der Waals surface area contributed by atoms with Crippen molar-refractivity contribution < 1.29 is 9.53 Å². The van der Waals surface area contributed by atoms with Gasteiger partial charge in [0.05, 0.1) is 12.2 Å². The number of rotatable bonds is 8. The number of aromatic nitrogens is 1. The van der Waals surface area contributed by atoms with Crippen LogP contribution in [-0.2, 0) is 4.74 Å². The highest BCUT2D eigenvalue weighted by molar-refractivity contribution is 5.94. The van der Waals surface area contributed by atoms with E-state index in [2.05, 4.69) is 22.5 Å². The highest BCUT2D eigenvalue weighted by Gasteiger charge is 2.04. The largest absolute Gasteiger partial charge is 0.380 e. The van der Waals surface area contributed by atoms with Crippen LogP contribution in [0.5, 0.6) is 0 Å². The summed E-state index contributed by atoms with van der Waals surface area (Å²) in [6, 6.07) is 3.58. The second-order valence-electron chi connectivity index (χ2n) is 3.81. The molecule has 0 saturated heterocycles. The molecule has 100 valence electrons. The van der Waals surface area contributed by atoms with Crippen molar-refractivity contribution in [2.75, 3.05) is 31.6 Å². The number of nitrogens with zero attached hydrogens (tertiary/aromatic N) is 1. The van der Waals surface area contributed by atoms with Gasteiger partial charge in [0.15, 0.2) is 0 Å². The molecule has 0 aliphatic carbocycles. The molecular formula is C13H21N3O2. The minimum absolute atomic E-state index is 0.121. The van der Waals surface area contributed by atoms with Crippen molar-refractivity contribution in [3.05, 3.63) is 23.9 Å². The Hall–Kier alpha value is -1.62. The number of hydrogen-bond donors (Lipinski definition) is 2. The number of hydrogen-bond acceptors (Lipinski definition) is 4. The van der Waals surface area contributed by atoms with E-state index in [1.54, 1.807) is 12.3 Å². The number of ether oxygens (including phenoxy) is 1. The Morgan fingerprint density at radius 2 is 2.17 bits per heavy atom. The Kier molecular flexibility index (Phi) is 6.79. The number of nitrogens with one attached hydrogen (secondary N) is 2. The van der Waals surface area contributed by atoms with Gasteiger partial charge in [0.2, 0.25) is 0 Å². The third kappa shape index (κ3) is 5.14. The monoisotopic (exact) mass is 251 g/mol. The molecule has 0 spiro atoms. The van der Waals surface area contributed by atoms with Crippen molar-refractivity contribution in [1.29, 1.82) is 0 Å². The van der Waals surface area contributed by atoms with E-state index < -0.39 is 0 Å². The molecule has 1 aromatic rings. The molecule has 5 nitrogen and oxygen atoms in total. The summed E-state index contributed by atoms with van der Waals surface area (Å²) in [5.74, 6) is 0.673. The van der Waals surface area contributed by atoms with Gasteiger partial charge in [-0.3, -0.25) is 4.79 Å². The summed E-state index contributed by atoms with van der Waals surface area (Å²) >= 11 is 0. The first-order valence-electron chi connectivity index (χ1n) is 6.33. The Bertz CT molecular complexity index is 352. The Morgan fingerprint density at radius 1 is 1.33 bits per heavy atom. The molecule has 18 heavy (non-hydrogen) atoms. The molecule has 1 rings (SSSR count). The summed E-state index contributed by atoms with van der Waals surface area (Å²) in [5, 5.41) is 5.93. The lowest BCUT2D eigenvalue weighted by atomic mass is 10.2. The zero-order valence-electron chi connectivity index (χ0n) is 11.0. The van der Waals surface area contributed by atoms with Crippen LogP contribution >= 0.6 is 0 Å². The van der Waals surface area contributed by atoms with Crippen LogP contribution in [0.25, 0.3) is 0 Å². The zero-order chi connectivity index (χ0) is 13.2. The van der Waals surface area contributed by atoms with Crippen LogP contribution in [0.3, 0.4) is 0 Å². The van der Waals surface area contributed by atoms with Crippen LogP contribution in [-0.4, -0.2) is 37.2 Å². The van der Waals surface area contributed by atoms with Crippen molar-refractivity contribution in [3.8, 4) is 0 Å². The summed E-state index contributed by atoms with van der Waals surface area (Å²) in [4.78, 5) is 15.9. The van der Waals surface area contributed by atoms with Crippen molar-refractivity contribution in [1.82, 2.24) is 10.3 Å². The third-order valence-corrected chi connectivity index (χ3v) is 2.32. The average molecular weight is 251 g/mol. The van der Waals surface area contributed by atoms with Crippen LogP contribution in [0.15, 0.2) is 18.3 Å². The first-order chi connectivity index (χ1) is 8.77. The smallest absolute Gasteiger partial charge is 0.252 e. The molecule has 0 unspecified atom stereocenters. The Labute approximate surface area is 108 Å².